The molecule has 0 bridgehead atoms. The Balaban J connectivity index is 1.62. The van der Waals surface area contributed by atoms with Gasteiger partial charge in [-0.1, -0.05) is 19.8 Å². The Bertz CT molecular complexity index is 435. The molecule has 3 heteroatoms. The van der Waals surface area contributed by atoms with Gasteiger partial charge in [0.2, 0.25) is 0 Å². The summed E-state index contributed by atoms with van der Waals surface area (Å²) in [7, 11) is 1.70. The highest BCUT2D eigenvalue weighted by Crippen LogP contribution is 2.55. The molecule has 3 rings (SSSR count). The molecule has 0 aromatic carbocycles. The minimum atomic E-state index is -0.579. The van der Waals surface area contributed by atoms with E-state index in [2.05, 4.69) is 0 Å². The van der Waals surface area contributed by atoms with E-state index in [1.54, 1.807) is 7.11 Å². The van der Waals surface area contributed by atoms with Gasteiger partial charge in [0.25, 0.3) is 0 Å². The number of Topliss-reactive ketones (excluding diaryl/α,β-unsaturated/α-hetero) is 1. The zero-order valence-electron chi connectivity index (χ0n) is 15.6. The smallest absolute Gasteiger partial charge is 0.132 e. The summed E-state index contributed by atoms with van der Waals surface area (Å²) in [6.45, 7) is 2.48. The Labute approximate surface area is 147 Å². The Kier molecular flexibility index (Phi) is 6.02. The second kappa shape index (κ2) is 7.86. The molecule has 3 aliphatic rings. The first-order chi connectivity index (χ1) is 11.6. The summed E-state index contributed by atoms with van der Waals surface area (Å²) < 4.78 is 5.27. The molecule has 0 aliphatic heterocycles. The maximum absolute atomic E-state index is 11.7. The summed E-state index contributed by atoms with van der Waals surface area (Å²) in [6, 6.07) is 0. The number of aliphatic hydroxyl groups is 1. The van der Waals surface area contributed by atoms with Gasteiger partial charge in [-0.05, 0) is 74.5 Å². The molecule has 138 valence electrons. The van der Waals surface area contributed by atoms with Crippen LogP contribution in [0, 0.1) is 29.6 Å². The molecule has 0 heterocycles. The highest BCUT2D eigenvalue weighted by atomic mass is 16.5. The maximum Gasteiger partial charge on any atom is 0.132 e. The molecule has 1 N–H and O–H groups in total. The summed E-state index contributed by atoms with van der Waals surface area (Å²) in [5.41, 5.74) is -0.579. The number of hydrogen-bond donors (Lipinski definition) is 1. The average Bonchev–Trinajstić information content (AvgIpc) is 2.58. The quantitative estimate of drug-likeness (QED) is 0.783. The van der Waals surface area contributed by atoms with Gasteiger partial charge in [-0.2, -0.15) is 0 Å². The SMILES string of the molecule is CCC(=O)CC[C@@H]1CCC[C@H]2[C@H]1CC[C@@H]1C[C@@](O)(COC)CC[C@@H]12. The second-order valence-corrected chi connectivity index (χ2v) is 8.85. The van der Waals surface area contributed by atoms with Crippen LogP contribution in [0.25, 0.3) is 0 Å². The molecule has 0 amide bonds. The zero-order valence-corrected chi connectivity index (χ0v) is 15.6. The lowest BCUT2D eigenvalue weighted by atomic mass is 9.53. The van der Waals surface area contributed by atoms with Gasteiger partial charge in [0.1, 0.15) is 5.78 Å². The third-order valence-corrected chi connectivity index (χ3v) is 7.48. The fourth-order valence-corrected chi connectivity index (χ4v) is 6.36. The van der Waals surface area contributed by atoms with E-state index in [1.807, 2.05) is 6.92 Å². The largest absolute Gasteiger partial charge is 0.387 e. The minimum Gasteiger partial charge on any atom is -0.387 e. The summed E-state index contributed by atoms with van der Waals surface area (Å²) in [4.78, 5) is 11.7. The van der Waals surface area contributed by atoms with Crippen LogP contribution in [0.5, 0.6) is 0 Å². The highest BCUT2D eigenvalue weighted by molar-refractivity contribution is 5.77. The lowest BCUT2D eigenvalue weighted by Crippen LogP contribution is -2.49. The van der Waals surface area contributed by atoms with E-state index in [1.165, 1.54) is 38.5 Å². The number of rotatable bonds is 6. The van der Waals surface area contributed by atoms with Gasteiger partial charge in [0, 0.05) is 20.0 Å². The standard InChI is InChI=1S/C21H36O3/c1-3-17(22)9-7-15-5-4-6-20-18(15)10-8-16-13-21(23,14-24-2)12-11-19(16)20/h15-16,18-20,23H,3-14H2,1-2H3/t15-,16+,18-,19-,20-,21+/m0/s1. The molecule has 0 aromatic heterocycles. The maximum atomic E-state index is 11.7. The van der Waals surface area contributed by atoms with Gasteiger partial charge in [0.15, 0.2) is 0 Å². The van der Waals surface area contributed by atoms with Gasteiger partial charge in [0.05, 0.1) is 12.2 Å². The first kappa shape index (κ1) is 18.4. The number of ether oxygens (including phenoxy) is 1. The number of ketones is 1. The van der Waals surface area contributed by atoms with Crippen molar-refractivity contribution in [2.75, 3.05) is 13.7 Å². The molecule has 3 fully saturated rings. The van der Waals surface area contributed by atoms with Crippen molar-refractivity contribution in [2.24, 2.45) is 29.6 Å². The van der Waals surface area contributed by atoms with Crippen LogP contribution in [0.4, 0.5) is 0 Å². The lowest BCUT2D eigenvalue weighted by molar-refractivity contribution is -0.120. The molecule has 0 saturated heterocycles. The van der Waals surface area contributed by atoms with E-state index >= 15 is 0 Å². The molecule has 3 saturated carbocycles. The van der Waals surface area contributed by atoms with Crippen molar-refractivity contribution in [3.8, 4) is 0 Å². The van der Waals surface area contributed by atoms with Gasteiger partial charge in [-0.15, -0.1) is 0 Å². The van der Waals surface area contributed by atoms with Crippen molar-refractivity contribution < 1.29 is 14.6 Å². The summed E-state index contributed by atoms with van der Waals surface area (Å²) >= 11 is 0. The summed E-state index contributed by atoms with van der Waals surface area (Å²) in [6.07, 6.45) is 12.3. The van der Waals surface area contributed by atoms with E-state index in [4.69, 9.17) is 4.74 Å². The minimum absolute atomic E-state index is 0.438. The zero-order chi connectivity index (χ0) is 17.2. The second-order valence-electron chi connectivity index (χ2n) is 8.85. The Hall–Kier alpha value is -0.410. The van der Waals surface area contributed by atoms with Crippen LogP contribution in [0.2, 0.25) is 0 Å². The summed E-state index contributed by atoms with van der Waals surface area (Å²) in [5.74, 6) is 4.42. The van der Waals surface area contributed by atoms with Crippen LogP contribution in [0.15, 0.2) is 0 Å². The van der Waals surface area contributed by atoms with Crippen molar-refractivity contribution in [3.05, 3.63) is 0 Å². The van der Waals surface area contributed by atoms with Gasteiger partial charge >= 0.3 is 0 Å². The molecular weight excluding hydrogens is 300 g/mol. The first-order valence-electron chi connectivity index (χ1n) is 10.3. The fraction of sp³-hybridized carbons (Fsp3) is 0.952. The van der Waals surface area contributed by atoms with E-state index in [9.17, 15) is 9.90 Å². The third-order valence-electron chi connectivity index (χ3n) is 7.48. The molecular formula is C21H36O3. The van der Waals surface area contributed by atoms with Gasteiger partial charge in [-0.25, -0.2) is 0 Å². The van der Waals surface area contributed by atoms with Crippen molar-refractivity contribution in [1.29, 1.82) is 0 Å². The van der Waals surface area contributed by atoms with Crippen LogP contribution in [0.1, 0.15) is 77.6 Å². The Morgan fingerprint density at radius 1 is 1.12 bits per heavy atom. The number of hydrogen-bond acceptors (Lipinski definition) is 3. The molecule has 0 aromatic rings. The Morgan fingerprint density at radius 2 is 1.96 bits per heavy atom. The molecule has 0 unspecified atom stereocenters. The highest BCUT2D eigenvalue weighted by Gasteiger charge is 2.48. The topological polar surface area (TPSA) is 46.5 Å². The van der Waals surface area contributed by atoms with Gasteiger partial charge < -0.3 is 9.84 Å². The van der Waals surface area contributed by atoms with Crippen molar-refractivity contribution in [3.63, 3.8) is 0 Å². The Morgan fingerprint density at radius 3 is 2.71 bits per heavy atom. The van der Waals surface area contributed by atoms with E-state index in [-0.39, 0.29) is 0 Å². The van der Waals surface area contributed by atoms with Crippen LogP contribution in [-0.4, -0.2) is 30.2 Å². The average molecular weight is 337 g/mol. The van der Waals surface area contributed by atoms with Crippen LogP contribution in [0.3, 0.4) is 0 Å². The monoisotopic (exact) mass is 336 g/mol. The molecule has 0 radical (unpaired) electrons. The van der Waals surface area contributed by atoms with E-state index in [0.29, 0.717) is 24.7 Å². The predicted octanol–water partition coefficient (Wildman–Crippen LogP) is 4.37. The first-order valence-corrected chi connectivity index (χ1v) is 10.3. The lowest BCUT2D eigenvalue weighted by Gasteiger charge is -2.53. The molecule has 0 spiro atoms. The number of fused-ring (bicyclic) bond motifs is 3. The van der Waals surface area contributed by atoms with Gasteiger partial charge in [-0.3, -0.25) is 4.79 Å². The number of methoxy groups -OCH3 is 1. The van der Waals surface area contributed by atoms with Crippen LogP contribution < -0.4 is 0 Å². The predicted molar refractivity (Wildman–Crippen MR) is 95.7 cm³/mol. The molecule has 6 atom stereocenters. The third kappa shape index (κ3) is 3.88. The molecule has 24 heavy (non-hydrogen) atoms. The molecule has 3 aliphatic carbocycles. The number of carbonyl (C=O) groups is 1. The number of carbonyl (C=O) groups excluding carboxylic acids is 1. The van der Waals surface area contributed by atoms with Crippen molar-refractivity contribution in [2.45, 2.75) is 83.2 Å². The van der Waals surface area contributed by atoms with Crippen molar-refractivity contribution in [1.82, 2.24) is 0 Å². The van der Waals surface area contributed by atoms with Crippen LogP contribution in [-0.2, 0) is 9.53 Å². The fourth-order valence-electron chi connectivity index (χ4n) is 6.36. The van der Waals surface area contributed by atoms with Crippen molar-refractivity contribution >= 4 is 5.78 Å². The normalized spacial score (nSPS) is 42.2. The van der Waals surface area contributed by atoms with E-state index in [0.717, 1.165) is 49.4 Å². The van der Waals surface area contributed by atoms with E-state index < -0.39 is 5.60 Å². The van der Waals surface area contributed by atoms with Crippen LogP contribution >= 0.6 is 0 Å². The summed E-state index contributed by atoms with van der Waals surface area (Å²) in [5, 5.41) is 10.8. The molecule has 3 nitrogen and oxygen atoms in total.